The van der Waals surface area contributed by atoms with Crippen molar-refractivity contribution < 1.29 is 0 Å². The number of rotatable bonds is 5. The highest BCUT2D eigenvalue weighted by Crippen LogP contribution is 2.11. The first-order chi connectivity index (χ1) is 7.30. The Labute approximate surface area is 94.4 Å². The van der Waals surface area contributed by atoms with Crippen LogP contribution in [0.15, 0.2) is 0 Å². The fourth-order valence-corrected chi connectivity index (χ4v) is 2.20. The molecule has 0 aromatic rings. The van der Waals surface area contributed by atoms with E-state index in [1.165, 1.54) is 32.5 Å². The molecule has 0 saturated carbocycles. The molecule has 0 amide bonds. The predicted molar refractivity (Wildman–Crippen MR) is 65.8 cm³/mol. The Morgan fingerprint density at radius 2 is 2.07 bits per heavy atom. The smallest absolute Gasteiger partial charge is 0.0688 e. The van der Waals surface area contributed by atoms with Crippen LogP contribution in [0.25, 0.3) is 0 Å². The average Bonchev–Trinajstić information content (AvgIpc) is 2.29. The molecule has 1 fully saturated rings. The molecule has 1 heterocycles. The van der Waals surface area contributed by atoms with Gasteiger partial charge in [-0.1, -0.05) is 26.2 Å². The minimum absolute atomic E-state index is 0.285. The van der Waals surface area contributed by atoms with E-state index in [0.29, 0.717) is 6.04 Å². The van der Waals surface area contributed by atoms with E-state index in [-0.39, 0.29) is 6.04 Å². The van der Waals surface area contributed by atoms with Crippen molar-refractivity contribution in [2.45, 2.75) is 51.6 Å². The quantitative estimate of drug-likeness (QED) is 0.694. The number of nitrogens with zero attached hydrogens (tertiary/aromatic N) is 1. The first-order valence-corrected chi connectivity index (χ1v) is 6.24. The highest BCUT2D eigenvalue weighted by molar-refractivity contribution is 5.00. The van der Waals surface area contributed by atoms with E-state index in [0.717, 1.165) is 12.8 Å². The molecule has 0 spiro atoms. The molecule has 1 saturated heterocycles. The summed E-state index contributed by atoms with van der Waals surface area (Å²) in [5.74, 6) is 2.85. The van der Waals surface area contributed by atoms with Crippen LogP contribution in [-0.4, -0.2) is 36.6 Å². The van der Waals surface area contributed by atoms with Crippen LogP contribution in [-0.2, 0) is 0 Å². The summed E-state index contributed by atoms with van der Waals surface area (Å²) in [4.78, 5) is 2.50. The third kappa shape index (κ3) is 4.24. The Hall–Kier alpha value is -0.520. The Morgan fingerprint density at radius 3 is 2.53 bits per heavy atom. The normalized spacial score (nSPS) is 21.1. The minimum atomic E-state index is 0.285. The Balaban J connectivity index is 2.25. The standard InChI is InChI=1S/C13H24N2/c1-4-7-12(5-2)14-13-8-10-15(6-3)11-9-13/h2,12-14H,4,6-11H2,1,3H3. The summed E-state index contributed by atoms with van der Waals surface area (Å²) in [6.45, 7) is 8.04. The highest BCUT2D eigenvalue weighted by atomic mass is 15.1. The van der Waals surface area contributed by atoms with Gasteiger partial charge in [-0.3, -0.25) is 0 Å². The number of piperidine rings is 1. The molecule has 1 unspecified atom stereocenters. The van der Waals surface area contributed by atoms with E-state index >= 15 is 0 Å². The van der Waals surface area contributed by atoms with Gasteiger partial charge in [0.25, 0.3) is 0 Å². The van der Waals surface area contributed by atoms with E-state index in [1.807, 2.05) is 0 Å². The number of hydrogen-bond acceptors (Lipinski definition) is 2. The van der Waals surface area contributed by atoms with Gasteiger partial charge >= 0.3 is 0 Å². The van der Waals surface area contributed by atoms with Gasteiger partial charge in [0.15, 0.2) is 0 Å². The molecule has 2 nitrogen and oxygen atoms in total. The molecule has 0 radical (unpaired) electrons. The maximum absolute atomic E-state index is 5.51. The summed E-state index contributed by atoms with van der Waals surface area (Å²) in [6.07, 6.45) is 10.3. The molecule has 0 aromatic carbocycles. The first kappa shape index (κ1) is 12.5. The molecule has 86 valence electrons. The molecular weight excluding hydrogens is 184 g/mol. The fraction of sp³-hybridized carbons (Fsp3) is 0.846. The van der Waals surface area contributed by atoms with Crippen LogP contribution in [0.3, 0.4) is 0 Å². The summed E-state index contributed by atoms with van der Waals surface area (Å²) < 4.78 is 0. The molecule has 0 bridgehead atoms. The number of terminal acetylenes is 1. The van der Waals surface area contributed by atoms with Crippen LogP contribution in [0.2, 0.25) is 0 Å². The van der Waals surface area contributed by atoms with E-state index in [9.17, 15) is 0 Å². The van der Waals surface area contributed by atoms with Crippen molar-refractivity contribution in [3.05, 3.63) is 0 Å². The summed E-state index contributed by atoms with van der Waals surface area (Å²) in [5.41, 5.74) is 0. The topological polar surface area (TPSA) is 15.3 Å². The van der Waals surface area contributed by atoms with Gasteiger partial charge < -0.3 is 10.2 Å². The molecule has 1 aliphatic heterocycles. The predicted octanol–water partition coefficient (Wildman–Crippen LogP) is 1.86. The maximum Gasteiger partial charge on any atom is 0.0688 e. The van der Waals surface area contributed by atoms with Crippen LogP contribution in [0.1, 0.15) is 39.5 Å². The second-order valence-electron chi connectivity index (χ2n) is 4.38. The van der Waals surface area contributed by atoms with E-state index < -0.39 is 0 Å². The van der Waals surface area contributed by atoms with Gasteiger partial charge in [-0.05, 0) is 38.9 Å². The monoisotopic (exact) mass is 208 g/mol. The average molecular weight is 208 g/mol. The lowest BCUT2D eigenvalue weighted by Crippen LogP contribution is -2.45. The van der Waals surface area contributed by atoms with Crippen molar-refractivity contribution in [1.29, 1.82) is 0 Å². The van der Waals surface area contributed by atoms with E-state index in [2.05, 4.69) is 30.0 Å². The number of hydrogen-bond donors (Lipinski definition) is 1. The molecular formula is C13H24N2. The lowest BCUT2D eigenvalue weighted by atomic mass is 10.0. The second-order valence-corrected chi connectivity index (χ2v) is 4.38. The third-order valence-electron chi connectivity index (χ3n) is 3.25. The Morgan fingerprint density at radius 1 is 1.40 bits per heavy atom. The summed E-state index contributed by atoms with van der Waals surface area (Å²) in [5, 5.41) is 3.59. The maximum atomic E-state index is 5.51. The largest absolute Gasteiger partial charge is 0.303 e. The molecule has 1 aliphatic rings. The zero-order valence-corrected chi connectivity index (χ0v) is 10.1. The molecule has 0 aliphatic carbocycles. The van der Waals surface area contributed by atoms with Crippen molar-refractivity contribution >= 4 is 0 Å². The van der Waals surface area contributed by atoms with Gasteiger partial charge in [0.1, 0.15) is 0 Å². The summed E-state index contributed by atoms with van der Waals surface area (Å²) in [6, 6.07) is 0.925. The van der Waals surface area contributed by atoms with E-state index in [4.69, 9.17) is 6.42 Å². The van der Waals surface area contributed by atoms with Crippen LogP contribution in [0.5, 0.6) is 0 Å². The third-order valence-corrected chi connectivity index (χ3v) is 3.25. The van der Waals surface area contributed by atoms with Crippen molar-refractivity contribution in [3.63, 3.8) is 0 Å². The van der Waals surface area contributed by atoms with Gasteiger partial charge in [0.05, 0.1) is 6.04 Å². The van der Waals surface area contributed by atoms with Crippen molar-refractivity contribution in [2.75, 3.05) is 19.6 Å². The second kappa shape index (κ2) is 6.87. The van der Waals surface area contributed by atoms with Crippen LogP contribution in [0.4, 0.5) is 0 Å². The highest BCUT2D eigenvalue weighted by Gasteiger charge is 2.19. The van der Waals surface area contributed by atoms with Crippen molar-refractivity contribution in [2.24, 2.45) is 0 Å². The van der Waals surface area contributed by atoms with Gasteiger partial charge in [0.2, 0.25) is 0 Å². The fourth-order valence-electron chi connectivity index (χ4n) is 2.20. The summed E-state index contributed by atoms with van der Waals surface area (Å²) >= 11 is 0. The number of likely N-dealkylation sites (tertiary alicyclic amines) is 1. The lowest BCUT2D eigenvalue weighted by Gasteiger charge is -2.32. The molecule has 15 heavy (non-hydrogen) atoms. The van der Waals surface area contributed by atoms with Gasteiger partial charge in [-0.2, -0.15) is 0 Å². The molecule has 0 aromatic heterocycles. The SMILES string of the molecule is C#CC(CCC)NC1CCN(CC)CC1. The van der Waals surface area contributed by atoms with Crippen LogP contribution < -0.4 is 5.32 Å². The van der Waals surface area contributed by atoms with Gasteiger partial charge in [0, 0.05) is 6.04 Å². The Bertz CT molecular complexity index is 199. The summed E-state index contributed by atoms with van der Waals surface area (Å²) in [7, 11) is 0. The molecule has 2 heteroatoms. The van der Waals surface area contributed by atoms with Crippen LogP contribution in [0, 0.1) is 12.3 Å². The molecule has 1 atom stereocenters. The van der Waals surface area contributed by atoms with Crippen LogP contribution >= 0.6 is 0 Å². The van der Waals surface area contributed by atoms with E-state index in [1.54, 1.807) is 0 Å². The number of nitrogens with one attached hydrogen (secondary N) is 1. The Kier molecular flexibility index (Phi) is 5.75. The van der Waals surface area contributed by atoms with Crippen molar-refractivity contribution in [1.82, 2.24) is 10.2 Å². The van der Waals surface area contributed by atoms with Gasteiger partial charge in [-0.25, -0.2) is 0 Å². The van der Waals surface area contributed by atoms with Crippen molar-refractivity contribution in [3.8, 4) is 12.3 Å². The minimum Gasteiger partial charge on any atom is -0.303 e. The van der Waals surface area contributed by atoms with Gasteiger partial charge in [-0.15, -0.1) is 6.42 Å². The molecule has 1 N–H and O–H groups in total. The zero-order chi connectivity index (χ0) is 11.1. The first-order valence-electron chi connectivity index (χ1n) is 6.24. The lowest BCUT2D eigenvalue weighted by molar-refractivity contribution is 0.202. The molecule has 1 rings (SSSR count). The zero-order valence-electron chi connectivity index (χ0n) is 10.1.